The summed E-state index contributed by atoms with van der Waals surface area (Å²) >= 11 is 0. The molecule has 1 heteroatoms. The summed E-state index contributed by atoms with van der Waals surface area (Å²) in [6.07, 6.45) is 3.51. The second-order valence-electron chi connectivity index (χ2n) is 4.93. The molecule has 0 fully saturated rings. The lowest BCUT2D eigenvalue weighted by molar-refractivity contribution is 0.466. The minimum atomic E-state index is 0.581. The van der Waals surface area contributed by atoms with Crippen molar-refractivity contribution in [2.24, 2.45) is 0 Å². The van der Waals surface area contributed by atoms with E-state index in [1.807, 2.05) is 0 Å². The van der Waals surface area contributed by atoms with Gasteiger partial charge in [0.15, 0.2) is 0 Å². The lowest BCUT2D eigenvalue weighted by Crippen LogP contribution is -2.32. The van der Waals surface area contributed by atoms with E-state index in [4.69, 9.17) is 0 Å². The molecule has 0 aliphatic heterocycles. The van der Waals surface area contributed by atoms with Gasteiger partial charge in [0.1, 0.15) is 0 Å². The van der Waals surface area contributed by atoms with Crippen LogP contribution in [0.4, 0.5) is 0 Å². The highest BCUT2D eigenvalue weighted by atomic mass is 14.9. The third-order valence-corrected chi connectivity index (χ3v) is 2.92. The Morgan fingerprint density at radius 1 is 1.00 bits per heavy atom. The van der Waals surface area contributed by atoms with E-state index in [1.54, 1.807) is 0 Å². The summed E-state index contributed by atoms with van der Waals surface area (Å²) < 4.78 is 0. The van der Waals surface area contributed by atoms with Crippen LogP contribution in [0.5, 0.6) is 0 Å². The summed E-state index contributed by atoms with van der Waals surface area (Å²) in [5.41, 5.74) is 2.88. The summed E-state index contributed by atoms with van der Waals surface area (Å²) in [6, 6.07) is 10.2. The average molecular weight is 219 g/mol. The molecule has 1 nitrogen and oxygen atoms in total. The maximum absolute atomic E-state index is 3.54. The largest absolute Gasteiger partial charge is 0.312 e. The Bertz CT molecular complexity index is 287. The van der Waals surface area contributed by atoms with Gasteiger partial charge in [0.25, 0.3) is 0 Å². The number of aryl methyl sites for hydroxylation is 2. The molecular formula is C15H25N. The standard InChI is InChI=1S/C15H25N/c1-5-14-8-10-15(11-9-14)7-6-13(4)16-12(2)3/h8-13,16H,5-7H2,1-4H3. The minimum absolute atomic E-state index is 0.581. The Kier molecular flexibility index (Phi) is 5.54. The fraction of sp³-hybridized carbons (Fsp3) is 0.600. The number of hydrogen-bond donors (Lipinski definition) is 1. The lowest BCUT2D eigenvalue weighted by Gasteiger charge is -2.16. The Hall–Kier alpha value is -0.820. The molecule has 0 aliphatic rings. The molecule has 0 aromatic heterocycles. The Balaban J connectivity index is 2.36. The zero-order chi connectivity index (χ0) is 12.0. The van der Waals surface area contributed by atoms with Crippen LogP contribution in [0.1, 0.15) is 45.2 Å². The van der Waals surface area contributed by atoms with Gasteiger partial charge in [0.2, 0.25) is 0 Å². The van der Waals surface area contributed by atoms with E-state index < -0.39 is 0 Å². The molecule has 0 bridgehead atoms. The van der Waals surface area contributed by atoms with E-state index in [9.17, 15) is 0 Å². The molecule has 0 aliphatic carbocycles. The highest BCUT2D eigenvalue weighted by Gasteiger charge is 2.03. The molecule has 16 heavy (non-hydrogen) atoms. The first kappa shape index (κ1) is 13.2. The topological polar surface area (TPSA) is 12.0 Å². The van der Waals surface area contributed by atoms with Crippen molar-refractivity contribution in [1.82, 2.24) is 5.32 Å². The maximum Gasteiger partial charge on any atom is 0.00442 e. The third kappa shape index (κ3) is 4.80. The molecule has 0 spiro atoms. The van der Waals surface area contributed by atoms with E-state index in [0.717, 1.165) is 6.42 Å². The van der Waals surface area contributed by atoms with Crippen molar-refractivity contribution in [1.29, 1.82) is 0 Å². The highest BCUT2D eigenvalue weighted by Crippen LogP contribution is 2.08. The number of nitrogens with one attached hydrogen (secondary N) is 1. The van der Waals surface area contributed by atoms with Gasteiger partial charge in [0, 0.05) is 12.1 Å². The van der Waals surface area contributed by atoms with Gasteiger partial charge in [-0.2, -0.15) is 0 Å². The van der Waals surface area contributed by atoms with Crippen LogP contribution in [0.15, 0.2) is 24.3 Å². The SMILES string of the molecule is CCc1ccc(CCC(C)NC(C)C)cc1. The second kappa shape index (κ2) is 6.70. The van der Waals surface area contributed by atoms with Crippen molar-refractivity contribution in [3.05, 3.63) is 35.4 Å². The predicted molar refractivity (Wildman–Crippen MR) is 71.9 cm³/mol. The monoisotopic (exact) mass is 219 g/mol. The molecule has 1 atom stereocenters. The van der Waals surface area contributed by atoms with E-state index in [2.05, 4.69) is 57.3 Å². The van der Waals surface area contributed by atoms with E-state index in [0.29, 0.717) is 12.1 Å². The van der Waals surface area contributed by atoms with Crippen LogP contribution in [0, 0.1) is 0 Å². The van der Waals surface area contributed by atoms with Crippen molar-refractivity contribution in [2.75, 3.05) is 0 Å². The van der Waals surface area contributed by atoms with Gasteiger partial charge in [-0.15, -0.1) is 0 Å². The molecule has 0 amide bonds. The second-order valence-corrected chi connectivity index (χ2v) is 4.93. The number of benzene rings is 1. The first-order valence-electron chi connectivity index (χ1n) is 6.45. The van der Waals surface area contributed by atoms with E-state index >= 15 is 0 Å². The molecule has 1 N–H and O–H groups in total. The van der Waals surface area contributed by atoms with Crippen molar-refractivity contribution in [2.45, 2.75) is 59.0 Å². The fourth-order valence-electron chi connectivity index (χ4n) is 1.98. The van der Waals surface area contributed by atoms with Crippen LogP contribution < -0.4 is 5.32 Å². The lowest BCUT2D eigenvalue weighted by atomic mass is 10.0. The predicted octanol–water partition coefficient (Wildman–Crippen LogP) is 3.57. The molecule has 1 rings (SSSR count). The average Bonchev–Trinajstić information content (AvgIpc) is 2.26. The van der Waals surface area contributed by atoms with E-state index in [-0.39, 0.29) is 0 Å². The molecule has 0 radical (unpaired) electrons. The van der Waals surface area contributed by atoms with Gasteiger partial charge in [-0.1, -0.05) is 45.0 Å². The van der Waals surface area contributed by atoms with Gasteiger partial charge in [-0.05, 0) is 37.3 Å². The van der Waals surface area contributed by atoms with Crippen LogP contribution in [0.25, 0.3) is 0 Å². The number of rotatable bonds is 6. The van der Waals surface area contributed by atoms with Crippen molar-refractivity contribution in [3.63, 3.8) is 0 Å². The first-order chi connectivity index (χ1) is 7.61. The van der Waals surface area contributed by atoms with Crippen molar-refractivity contribution in [3.8, 4) is 0 Å². The Morgan fingerprint density at radius 2 is 1.56 bits per heavy atom. The molecule has 90 valence electrons. The van der Waals surface area contributed by atoms with Crippen LogP contribution in [0.2, 0.25) is 0 Å². The smallest absolute Gasteiger partial charge is 0.00442 e. The summed E-state index contributed by atoms with van der Waals surface area (Å²) in [5.74, 6) is 0. The molecule has 1 aromatic rings. The first-order valence-corrected chi connectivity index (χ1v) is 6.45. The summed E-state index contributed by atoms with van der Waals surface area (Å²) in [4.78, 5) is 0. The fourth-order valence-corrected chi connectivity index (χ4v) is 1.98. The van der Waals surface area contributed by atoms with Gasteiger partial charge < -0.3 is 5.32 Å². The van der Waals surface area contributed by atoms with Crippen LogP contribution in [-0.4, -0.2) is 12.1 Å². The summed E-state index contributed by atoms with van der Waals surface area (Å²) in [6.45, 7) is 8.86. The minimum Gasteiger partial charge on any atom is -0.312 e. The molecular weight excluding hydrogens is 194 g/mol. The molecule has 1 aromatic carbocycles. The zero-order valence-corrected chi connectivity index (χ0v) is 11.1. The van der Waals surface area contributed by atoms with Crippen LogP contribution in [-0.2, 0) is 12.8 Å². The molecule has 0 heterocycles. The molecule has 0 saturated heterocycles. The van der Waals surface area contributed by atoms with Crippen LogP contribution in [0.3, 0.4) is 0 Å². The van der Waals surface area contributed by atoms with Crippen molar-refractivity contribution < 1.29 is 0 Å². The maximum atomic E-state index is 3.54. The Morgan fingerprint density at radius 3 is 2.06 bits per heavy atom. The number of hydrogen-bond acceptors (Lipinski definition) is 1. The van der Waals surface area contributed by atoms with Gasteiger partial charge in [-0.3, -0.25) is 0 Å². The zero-order valence-electron chi connectivity index (χ0n) is 11.1. The van der Waals surface area contributed by atoms with E-state index in [1.165, 1.54) is 24.0 Å². The quantitative estimate of drug-likeness (QED) is 0.771. The normalized spacial score (nSPS) is 13.1. The van der Waals surface area contributed by atoms with Gasteiger partial charge in [0.05, 0.1) is 0 Å². The van der Waals surface area contributed by atoms with Gasteiger partial charge >= 0.3 is 0 Å². The third-order valence-electron chi connectivity index (χ3n) is 2.92. The summed E-state index contributed by atoms with van der Waals surface area (Å²) in [5, 5.41) is 3.54. The van der Waals surface area contributed by atoms with Crippen LogP contribution >= 0.6 is 0 Å². The molecule has 1 unspecified atom stereocenters. The van der Waals surface area contributed by atoms with Gasteiger partial charge in [-0.25, -0.2) is 0 Å². The molecule has 0 saturated carbocycles. The Labute approximate surface area is 100 Å². The summed E-state index contributed by atoms with van der Waals surface area (Å²) in [7, 11) is 0. The highest BCUT2D eigenvalue weighted by molar-refractivity contribution is 5.22. The van der Waals surface area contributed by atoms with Crippen molar-refractivity contribution >= 4 is 0 Å².